The summed E-state index contributed by atoms with van der Waals surface area (Å²) in [6, 6.07) is 0. The summed E-state index contributed by atoms with van der Waals surface area (Å²) in [7, 11) is 1.30. The number of carbonyl (C=O) groups excluding carboxylic acids is 1. The zero-order chi connectivity index (χ0) is 13.9. The predicted octanol–water partition coefficient (Wildman–Crippen LogP) is 0.511. The van der Waals surface area contributed by atoms with Gasteiger partial charge in [0, 0.05) is 13.6 Å². The van der Waals surface area contributed by atoms with Gasteiger partial charge < -0.3 is 5.32 Å². The van der Waals surface area contributed by atoms with Crippen molar-refractivity contribution in [1.29, 1.82) is 0 Å². The zero-order valence-corrected chi connectivity index (χ0v) is 10.5. The van der Waals surface area contributed by atoms with E-state index in [1.165, 1.54) is 13.1 Å². The number of allylic oxidation sites excluding steroid dienone is 1. The van der Waals surface area contributed by atoms with Gasteiger partial charge in [-0.2, -0.15) is 0 Å². The minimum Gasteiger partial charge on any atom is -0.315 e. The van der Waals surface area contributed by atoms with Crippen molar-refractivity contribution in [2.45, 2.75) is 6.54 Å². The van der Waals surface area contributed by atoms with Crippen molar-refractivity contribution in [2.75, 3.05) is 5.32 Å². The fourth-order valence-corrected chi connectivity index (χ4v) is 1.58. The van der Waals surface area contributed by atoms with E-state index in [0.29, 0.717) is 0 Å². The maximum Gasteiger partial charge on any atom is 0.332 e. The molecular formula is C11H12ClN3O3. The molecule has 0 radical (unpaired) electrons. The van der Waals surface area contributed by atoms with Crippen LogP contribution in [-0.2, 0) is 18.4 Å². The van der Waals surface area contributed by atoms with E-state index in [0.717, 1.165) is 15.2 Å². The Morgan fingerprint density at radius 3 is 2.56 bits per heavy atom. The predicted molar refractivity (Wildman–Crippen MR) is 70.0 cm³/mol. The largest absolute Gasteiger partial charge is 0.332 e. The lowest BCUT2D eigenvalue weighted by atomic mass is 10.4. The first kappa shape index (κ1) is 14.0. The van der Waals surface area contributed by atoms with Crippen molar-refractivity contribution in [2.24, 2.45) is 7.05 Å². The summed E-state index contributed by atoms with van der Waals surface area (Å²) in [5.74, 6) is -0.585. The number of carbonyl (C=O) groups is 1. The van der Waals surface area contributed by atoms with Crippen LogP contribution in [0.25, 0.3) is 0 Å². The number of amides is 1. The highest BCUT2D eigenvalue weighted by atomic mass is 35.5. The summed E-state index contributed by atoms with van der Waals surface area (Å²) >= 11 is 5.92. The highest BCUT2D eigenvalue weighted by molar-refractivity contribution is 6.32. The van der Waals surface area contributed by atoms with Gasteiger partial charge in [-0.15, -0.1) is 6.58 Å². The topological polar surface area (TPSA) is 73.1 Å². The summed E-state index contributed by atoms with van der Waals surface area (Å²) in [5, 5.41) is 2.14. The van der Waals surface area contributed by atoms with Crippen molar-refractivity contribution >= 4 is 23.2 Å². The number of hydrogen-bond donors (Lipinski definition) is 1. The third kappa shape index (κ3) is 2.43. The quantitative estimate of drug-likeness (QED) is 0.492. The van der Waals surface area contributed by atoms with Gasteiger partial charge in [0.25, 0.3) is 5.56 Å². The summed E-state index contributed by atoms with van der Waals surface area (Å²) in [5.41, 5.74) is -1.42. The van der Waals surface area contributed by atoms with E-state index in [1.54, 1.807) is 0 Å². The number of nitrogens with one attached hydrogen (secondary N) is 1. The first-order valence-electron chi connectivity index (χ1n) is 4.97. The molecule has 1 amide bonds. The number of aromatic nitrogens is 2. The molecule has 0 saturated carbocycles. The molecule has 0 spiro atoms. The zero-order valence-electron chi connectivity index (χ0n) is 9.77. The summed E-state index contributed by atoms with van der Waals surface area (Å²) < 4.78 is 1.97. The van der Waals surface area contributed by atoms with E-state index in [-0.39, 0.29) is 17.4 Å². The van der Waals surface area contributed by atoms with Crippen LogP contribution in [0.15, 0.2) is 34.9 Å². The molecule has 7 heteroatoms. The van der Waals surface area contributed by atoms with Gasteiger partial charge in [-0.3, -0.25) is 18.7 Å². The van der Waals surface area contributed by atoms with Crippen LogP contribution in [0.5, 0.6) is 0 Å². The number of halogens is 1. The van der Waals surface area contributed by atoms with E-state index in [1.807, 2.05) is 0 Å². The molecule has 96 valence electrons. The SMILES string of the molecule is C=CCn1c(Cl)c(NC(=O)C=C)c(=O)n(C)c1=O. The second kappa shape index (κ2) is 5.50. The van der Waals surface area contributed by atoms with Gasteiger partial charge in [0.2, 0.25) is 5.91 Å². The van der Waals surface area contributed by atoms with Gasteiger partial charge in [-0.05, 0) is 6.08 Å². The van der Waals surface area contributed by atoms with E-state index in [9.17, 15) is 14.4 Å². The maximum absolute atomic E-state index is 11.8. The molecule has 18 heavy (non-hydrogen) atoms. The Morgan fingerprint density at radius 2 is 2.06 bits per heavy atom. The number of hydrogen-bond acceptors (Lipinski definition) is 3. The lowest BCUT2D eigenvalue weighted by molar-refractivity contribution is -0.111. The molecule has 0 saturated heterocycles. The standard InChI is InChI=1S/C11H12ClN3O3/c1-4-6-15-9(12)8(13-7(16)5-2)10(17)14(3)11(15)18/h4-5H,1-2,6H2,3H3,(H,13,16). The van der Waals surface area contributed by atoms with Crippen molar-refractivity contribution < 1.29 is 4.79 Å². The third-order valence-corrected chi connectivity index (χ3v) is 2.62. The minimum atomic E-state index is -0.680. The smallest absolute Gasteiger partial charge is 0.315 e. The first-order chi connectivity index (χ1) is 8.43. The van der Waals surface area contributed by atoms with Crippen LogP contribution in [0.2, 0.25) is 5.15 Å². The Labute approximate surface area is 108 Å². The molecular weight excluding hydrogens is 258 g/mol. The first-order valence-corrected chi connectivity index (χ1v) is 5.35. The third-order valence-electron chi connectivity index (χ3n) is 2.22. The van der Waals surface area contributed by atoms with Crippen LogP contribution in [0.1, 0.15) is 0 Å². The molecule has 1 N–H and O–H groups in total. The van der Waals surface area contributed by atoms with E-state index in [4.69, 9.17) is 11.6 Å². The second-order valence-corrected chi connectivity index (χ2v) is 3.76. The highest BCUT2D eigenvalue weighted by Gasteiger charge is 2.16. The Balaban J connectivity index is 3.56. The lowest BCUT2D eigenvalue weighted by Gasteiger charge is -2.12. The van der Waals surface area contributed by atoms with Gasteiger partial charge in [0.1, 0.15) is 10.8 Å². The number of nitrogens with zero attached hydrogens (tertiary/aromatic N) is 2. The summed E-state index contributed by atoms with van der Waals surface area (Å²) in [6.45, 7) is 6.88. The molecule has 0 unspecified atom stereocenters. The fraction of sp³-hybridized carbons (Fsp3) is 0.182. The summed E-state index contributed by atoms with van der Waals surface area (Å²) in [6.07, 6.45) is 2.45. The number of rotatable bonds is 4. The van der Waals surface area contributed by atoms with E-state index in [2.05, 4.69) is 18.5 Å². The Kier molecular flexibility index (Phi) is 4.28. The monoisotopic (exact) mass is 269 g/mol. The fourth-order valence-electron chi connectivity index (χ4n) is 1.31. The molecule has 0 atom stereocenters. The molecule has 1 rings (SSSR count). The van der Waals surface area contributed by atoms with Gasteiger partial charge in [0.05, 0.1) is 0 Å². The van der Waals surface area contributed by atoms with Gasteiger partial charge in [-0.1, -0.05) is 24.3 Å². The van der Waals surface area contributed by atoms with Gasteiger partial charge in [-0.25, -0.2) is 4.79 Å². The van der Waals surface area contributed by atoms with Crippen LogP contribution in [0.4, 0.5) is 5.69 Å². The molecule has 0 aliphatic rings. The van der Waals surface area contributed by atoms with Crippen LogP contribution in [-0.4, -0.2) is 15.0 Å². The van der Waals surface area contributed by atoms with Crippen LogP contribution < -0.4 is 16.6 Å². The van der Waals surface area contributed by atoms with Gasteiger partial charge >= 0.3 is 5.69 Å². The number of anilines is 1. The Bertz CT molecular complexity index is 628. The molecule has 1 aromatic rings. The average molecular weight is 270 g/mol. The van der Waals surface area contributed by atoms with E-state index >= 15 is 0 Å². The Hall–Kier alpha value is -2.08. The average Bonchev–Trinajstić information content (AvgIpc) is 2.37. The van der Waals surface area contributed by atoms with Gasteiger partial charge in [0.15, 0.2) is 0 Å². The second-order valence-electron chi connectivity index (χ2n) is 3.41. The maximum atomic E-state index is 11.8. The highest BCUT2D eigenvalue weighted by Crippen LogP contribution is 2.15. The van der Waals surface area contributed by atoms with Crippen LogP contribution in [0.3, 0.4) is 0 Å². The molecule has 1 heterocycles. The van der Waals surface area contributed by atoms with E-state index < -0.39 is 17.2 Å². The molecule has 6 nitrogen and oxygen atoms in total. The normalized spacial score (nSPS) is 9.89. The summed E-state index contributed by atoms with van der Waals surface area (Å²) in [4.78, 5) is 34.8. The molecule has 0 aliphatic heterocycles. The molecule has 1 aromatic heterocycles. The van der Waals surface area contributed by atoms with Crippen molar-refractivity contribution in [3.05, 3.63) is 51.3 Å². The van der Waals surface area contributed by atoms with Crippen LogP contribution in [0, 0.1) is 0 Å². The minimum absolute atomic E-state index is 0.128. The Morgan fingerprint density at radius 1 is 1.44 bits per heavy atom. The lowest BCUT2D eigenvalue weighted by Crippen LogP contribution is -2.40. The van der Waals surface area contributed by atoms with Crippen molar-refractivity contribution in [1.82, 2.24) is 9.13 Å². The molecule has 0 fully saturated rings. The van der Waals surface area contributed by atoms with Crippen LogP contribution >= 0.6 is 11.6 Å². The molecule has 0 aliphatic carbocycles. The van der Waals surface area contributed by atoms with Crippen molar-refractivity contribution in [3.63, 3.8) is 0 Å². The van der Waals surface area contributed by atoms with Crippen molar-refractivity contribution in [3.8, 4) is 0 Å². The molecule has 0 bridgehead atoms. The molecule has 0 aromatic carbocycles.